The third kappa shape index (κ3) is 2.67. The molecular formula is C15H18N4O5. The Balaban J connectivity index is 2.08. The molecule has 0 amide bonds. The summed E-state index contributed by atoms with van der Waals surface area (Å²) >= 11 is 0. The molecule has 0 atom stereocenters. The molecule has 3 rings (SSSR count). The smallest absolute Gasteiger partial charge is 0.286 e. The molecule has 128 valence electrons. The van der Waals surface area contributed by atoms with E-state index in [1.54, 1.807) is 6.92 Å². The van der Waals surface area contributed by atoms with Crippen molar-refractivity contribution >= 4 is 5.69 Å². The Morgan fingerprint density at radius 3 is 2.71 bits per heavy atom. The lowest BCUT2D eigenvalue weighted by Gasteiger charge is -2.34. The van der Waals surface area contributed by atoms with Crippen LogP contribution >= 0.6 is 0 Å². The summed E-state index contributed by atoms with van der Waals surface area (Å²) in [6, 6.07) is 2.76. The van der Waals surface area contributed by atoms with Crippen molar-refractivity contribution in [1.29, 1.82) is 0 Å². The summed E-state index contributed by atoms with van der Waals surface area (Å²) in [5, 5.41) is 15.3. The van der Waals surface area contributed by atoms with Gasteiger partial charge < -0.3 is 19.7 Å². The summed E-state index contributed by atoms with van der Waals surface area (Å²) in [4.78, 5) is 15.1. The molecule has 0 unspecified atom stereocenters. The molecule has 0 saturated heterocycles. The Hall–Kier alpha value is -2.68. The molecule has 1 aliphatic rings. The van der Waals surface area contributed by atoms with E-state index < -0.39 is 10.5 Å². The first-order valence-electron chi connectivity index (χ1n) is 7.61. The average Bonchev–Trinajstić information content (AvgIpc) is 3.02. The van der Waals surface area contributed by atoms with Gasteiger partial charge in [-0.25, -0.2) is 0 Å². The number of aromatic nitrogens is 2. The average molecular weight is 334 g/mol. The largest absolute Gasteiger partial charge is 0.493 e. The molecule has 1 aliphatic carbocycles. The van der Waals surface area contributed by atoms with Crippen LogP contribution in [0.1, 0.15) is 32.0 Å². The van der Waals surface area contributed by atoms with Crippen LogP contribution in [0.15, 0.2) is 16.7 Å². The lowest BCUT2D eigenvalue weighted by Crippen LogP contribution is -2.44. The highest BCUT2D eigenvalue weighted by atomic mass is 16.6. The van der Waals surface area contributed by atoms with Crippen LogP contribution in [0, 0.1) is 10.1 Å². The number of nitrogens with zero attached hydrogens (tertiary/aromatic N) is 3. The SMILES string of the molecule is CCOc1cc(-c2nc(C3(N)CCC3)no2)c([N+](=O)[O-])cc1OC. The summed E-state index contributed by atoms with van der Waals surface area (Å²) in [7, 11) is 1.42. The van der Waals surface area contributed by atoms with Gasteiger partial charge >= 0.3 is 0 Å². The van der Waals surface area contributed by atoms with Crippen LogP contribution in [0.3, 0.4) is 0 Å². The van der Waals surface area contributed by atoms with Crippen LogP contribution < -0.4 is 15.2 Å². The molecule has 0 aliphatic heterocycles. The van der Waals surface area contributed by atoms with E-state index in [-0.39, 0.29) is 22.9 Å². The topological polar surface area (TPSA) is 127 Å². The van der Waals surface area contributed by atoms with Crippen LogP contribution in [0.25, 0.3) is 11.5 Å². The summed E-state index contributed by atoms with van der Waals surface area (Å²) in [6.07, 6.45) is 2.53. The number of nitrogens with two attached hydrogens (primary N) is 1. The van der Waals surface area contributed by atoms with Crippen LogP contribution in [-0.4, -0.2) is 28.8 Å². The summed E-state index contributed by atoms with van der Waals surface area (Å²) in [5.41, 5.74) is 5.54. The zero-order valence-electron chi connectivity index (χ0n) is 13.4. The molecule has 0 spiro atoms. The van der Waals surface area contributed by atoms with Gasteiger partial charge in [0.25, 0.3) is 11.6 Å². The van der Waals surface area contributed by atoms with Crippen molar-refractivity contribution in [2.24, 2.45) is 5.73 Å². The highest BCUT2D eigenvalue weighted by Gasteiger charge is 2.39. The van der Waals surface area contributed by atoms with Crippen molar-refractivity contribution in [2.45, 2.75) is 31.7 Å². The second-order valence-electron chi connectivity index (χ2n) is 5.64. The van der Waals surface area contributed by atoms with E-state index in [4.69, 9.17) is 19.7 Å². The number of hydrogen-bond donors (Lipinski definition) is 1. The van der Waals surface area contributed by atoms with Crippen molar-refractivity contribution in [3.05, 3.63) is 28.1 Å². The fraction of sp³-hybridized carbons (Fsp3) is 0.467. The van der Waals surface area contributed by atoms with Crippen LogP contribution in [-0.2, 0) is 5.54 Å². The Morgan fingerprint density at radius 2 is 2.17 bits per heavy atom. The van der Waals surface area contributed by atoms with Crippen LogP contribution in [0.2, 0.25) is 0 Å². The second-order valence-corrected chi connectivity index (χ2v) is 5.64. The van der Waals surface area contributed by atoms with Gasteiger partial charge in [0.15, 0.2) is 17.3 Å². The second kappa shape index (κ2) is 6.08. The van der Waals surface area contributed by atoms with E-state index in [9.17, 15) is 10.1 Å². The molecule has 9 nitrogen and oxygen atoms in total. The number of rotatable bonds is 6. The van der Waals surface area contributed by atoms with E-state index in [2.05, 4.69) is 10.1 Å². The number of methoxy groups -OCH3 is 1. The van der Waals surface area contributed by atoms with Crippen molar-refractivity contribution in [3.8, 4) is 23.0 Å². The number of ether oxygens (including phenoxy) is 2. The van der Waals surface area contributed by atoms with E-state index in [0.29, 0.717) is 18.2 Å². The maximum absolute atomic E-state index is 11.4. The molecule has 1 saturated carbocycles. The van der Waals surface area contributed by atoms with E-state index in [1.165, 1.54) is 19.2 Å². The van der Waals surface area contributed by atoms with Gasteiger partial charge in [-0.1, -0.05) is 5.16 Å². The monoisotopic (exact) mass is 334 g/mol. The highest BCUT2D eigenvalue weighted by Crippen LogP contribution is 2.41. The fourth-order valence-electron chi connectivity index (χ4n) is 2.62. The minimum absolute atomic E-state index is 0.0389. The molecule has 1 aromatic carbocycles. The zero-order chi connectivity index (χ0) is 17.3. The van der Waals surface area contributed by atoms with Crippen LogP contribution in [0.4, 0.5) is 5.69 Å². The number of benzene rings is 1. The zero-order valence-corrected chi connectivity index (χ0v) is 13.4. The first-order valence-corrected chi connectivity index (χ1v) is 7.61. The van der Waals surface area contributed by atoms with Gasteiger partial charge in [0.1, 0.15) is 5.56 Å². The van der Waals surface area contributed by atoms with Gasteiger partial charge in [-0.15, -0.1) is 0 Å². The Bertz CT molecular complexity index is 769. The molecular weight excluding hydrogens is 316 g/mol. The Morgan fingerprint density at radius 1 is 1.42 bits per heavy atom. The van der Waals surface area contributed by atoms with Gasteiger partial charge in [-0.3, -0.25) is 10.1 Å². The fourth-order valence-corrected chi connectivity index (χ4v) is 2.62. The van der Waals surface area contributed by atoms with Crippen molar-refractivity contribution in [3.63, 3.8) is 0 Å². The molecule has 0 bridgehead atoms. The minimum atomic E-state index is -0.605. The predicted molar refractivity (Wildman–Crippen MR) is 83.8 cm³/mol. The van der Waals surface area contributed by atoms with E-state index in [1.807, 2.05) is 0 Å². The molecule has 9 heteroatoms. The van der Waals surface area contributed by atoms with Crippen LogP contribution in [0.5, 0.6) is 11.5 Å². The first-order chi connectivity index (χ1) is 11.5. The van der Waals surface area contributed by atoms with E-state index in [0.717, 1.165) is 19.3 Å². The standard InChI is InChI=1S/C15H18N4O5/c1-3-23-12-7-9(10(19(20)21)8-11(12)22-2)13-17-14(18-24-13)15(16)5-4-6-15/h7-8H,3-6,16H2,1-2H3. The molecule has 1 heterocycles. The maximum atomic E-state index is 11.4. The van der Waals surface area contributed by atoms with Crippen molar-refractivity contribution in [1.82, 2.24) is 10.1 Å². The summed E-state index contributed by atoms with van der Waals surface area (Å²) in [5.74, 6) is 1.04. The molecule has 2 aromatic rings. The van der Waals surface area contributed by atoms with Gasteiger partial charge in [-0.2, -0.15) is 4.98 Å². The molecule has 24 heavy (non-hydrogen) atoms. The molecule has 2 N–H and O–H groups in total. The first kappa shape index (κ1) is 16.2. The Labute approximate surface area is 137 Å². The maximum Gasteiger partial charge on any atom is 0.286 e. The van der Waals surface area contributed by atoms with Gasteiger partial charge in [-0.05, 0) is 26.2 Å². The van der Waals surface area contributed by atoms with Gasteiger partial charge in [0, 0.05) is 6.07 Å². The van der Waals surface area contributed by atoms with E-state index >= 15 is 0 Å². The number of nitro groups is 1. The van der Waals surface area contributed by atoms with Crippen molar-refractivity contribution < 1.29 is 18.9 Å². The quantitative estimate of drug-likeness (QED) is 0.630. The lowest BCUT2D eigenvalue weighted by atomic mass is 9.77. The number of nitro benzene ring substituents is 1. The molecule has 1 aromatic heterocycles. The molecule has 1 fully saturated rings. The summed E-state index contributed by atoms with van der Waals surface area (Å²) in [6.45, 7) is 2.19. The predicted octanol–water partition coefficient (Wildman–Crippen LogP) is 2.39. The third-order valence-corrected chi connectivity index (χ3v) is 4.13. The number of hydrogen-bond acceptors (Lipinski definition) is 8. The van der Waals surface area contributed by atoms with Gasteiger partial charge in [0.2, 0.25) is 0 Å². The van der Waals surface area contributed by atoms with Crippen molar-refractivity contribution in [2.75, 3.05) is 13.7 Å². The molecule has 0 radical (unpaired) electrons. The third-order valence-electron chi connectivity index (χ3n) is 4.13. The lowest BCUT2D eigenvalue weighted by molar-refractivity contribution is -0.384. The Kier molecular flexibility index (Phi) is 4.10. The highest BCUT2D eigenvalue weighted by molar-refractivity contribution is 5.72. The summed E-state index contributed by atoms with van der Waals surface area (Å²) < 4.78 is 15.8. The normalized spacial score (nSPS) is 15.6. The van der Waals surface area contributed by atoms with Gasteiger partial charge in [0.05, 0.1) is 30.2 Å². The minimum Gasteiger partial charge on any atom is -0.493 e.